The van der Waals surface area contributed by atoms with E-state index in [2.05, 4.69) is 0 Å². The second-order valence-electron chi connectivity index (χ2n) is 4.53. The first-order chi connectivity index (χ1) is 9.44. The molecule has 5 heteroatoms. The maximum Gasteiger partial charge on any atom is 0.183 e. The molecule has 2 rings (SSSR count). The average Bonchev–Trinajstić information content (AvgIpc) is 2.47. The monoisotopic (exact) mass is 310 g/mol. The maximum absolute atomic E-state index is 12.5. The van der Waals surface area contributed by atoms with E-state index < -0.39 is 21.2 Å². The van der Waals surface area contributed by atoms with Crippen LogP contribution < -0.4 is 0 Å². The summed E-state index contributed by atoms with van der Waals surface area (Å²) in [6.45, 7) is 1.48. The summed E-state index contributed by atoms with van der Waals surface area (Å²) >= 11 is 6.00. The molecule has 0 amide bonds. The Morgan fingerprint density at radius 2 is 1.55 bits per heavy atom. The predicted molar refractivity (Wildman–Crippen MR) is 79.5 cm³/mol. The number of halogens is 1. The molecular weight excluding hydrogens is 296 g/mol. The molecule has 0 unspecified atom stereocenters. The number of rotatable bonds is 4. The summed E-state index contributed by atoms with van der Waals surface area (Å²) < 4.78 is 24.9. The van der Waals surface area contributed by atoms with Crippen molar-refractivity contribution in [2.75, 3.05) is 0 Å². The number of aliphatic hydroxyl groups is 1. The van der Waals surface area contributed by atoms with E-state index in [1.807, 2.05) is 0 Å². The number of hydrogen-bond donors (Lipinski definition) is 1. The zero-order valence-electron chi connectivity index (χ0n) is 10.9. The molecule has 0 aliphatic heterocycles. The minimum atomic E-state index is -3.61. The molecule has 2 aromatic carbocycles. The van der Waals surface area contributed by atoms with Crippen molar-refractivity contribution in [3.8, 4) is 0 Å². The molecule has 3 nitrogen and oxygen atoms in total. The molecule has 0 aliphatic rings. The van der Waals surface area contributed by atoms with E-state index in [1.165, 1.54) is 19.1 Å². The summed E-state index contributed by atoms with van der Waals surface area (Å²) in [5, 5.41) is 9.68. The topological polar surface area (TPSA) is 54.4 Å². The highest BCUT2D eigenvalue weighted by molar-refractivity contribution is 7.92. The quantitative estimate of drug-likeness (QED) is 0.943. The Labute approximate surface area is 123 Å². The summed E-state index contributed by atoms with van der Waals surface area (Å²) in [7, 11) is -3.61. The minimum absolute atomic E-state index is 0.193. The molecular formula is C15H15ClO3S. The van der Waals surface area contributed by atoms with Crippen LogP contribution in [0.3, 0.4) is 0 Å². The first-order valence-electron chi connectivity index (χ1n) is 6.16. The second kappa shape index (κ2) is 5.95. The van der Waals surface area contributed by atoms with Crippen LogP contribution in [-0.2, 0) is 9.84 Å². The summed E-state index contributed by atoms with van der Waals surface area (Å²) in [6.07, 6.45) is -1.17. The van der Waals surface area contributed by atoms with Gasteiger partial charge in [0.1, 0.15) is 0 Å². The molecule has 20 heavy (non-hydrogen) atoms. The smallest absolute Gasteiger partial charge is 0.183 e. The van der Waals surface area contributed by atoms with Gasteiger partial charge in [0, 0.05) is 10.6 Å². The van der Waals surface area contributed by atoms with Crippen molar-refractivity contribution in [1.29, 1.82) is 0 Å². The van der Waals surface area contributed by atoms with Gasteiger partial charge in [0.25, 0.3) is 0 Å². The highest BCUT2D eigenvalue weighted by atomic mass is 35.5. The molecule has 0 spiro atoms. The van der Waals surface area contributed by atoms with Crippen LogP contribution in [-0.4, -0.2) is 18.8 Å². The van der Waals surface area contributed by atoms with Gasteiger partial charge in [0.2, 0.25) is 0 Å². The largest absolute Gasteiger partial charge is 0.387 e. The normalized spacial score (nSPS) is 14.8. The third kappa shape index (κ3) is 2.87. The van der Waals surface area contributed by atoms with Gasteiger partial charge >= 0.3 is 0 Å². The van der Waals surface area contributed by atoms with Crippen LogP contribution >= 0.6 is 11.6 Å². The molecule has 0 fully saturated rings. The lowest BCUT2D eigenvalue weighted by molar-refractivity contribution is 0.176. The molecule has 0 radical (unpaired) electrons. The van der Waals surface area contributed by atoms with Crippen LogP contribution in [0.15, 0.2) is 59.5 Å². The zero-order valence-corrected chi connectivity index (χ0v) is 12.5. The van der Waals surface area contributed by atoms with Crippen molar-refractivity contribution >= 4 is 21.4 Å². The molecule has 2 aromatic rings. The van der Waals surface area contributed by atoms with Crippen molar-refractivity contribution in [3.05, 3.63) is 65.2 Å². The molecule has 0 aromatic heterocycles. The molecule has 106 valence electrons. The molecule has 2 atom stereocenters. The van der Waals surface area contributed by atoms with Gasteiger partial charge in [-0.25, -0.2) is 8.42 Å². The first kappa shape index (κ1) is 15.0. The lowest BCUT2D eigenvalue weighted by Gasteiger charge is -2.20. The molecule has 0 saturated heterocycles. The predicted octanol–water partition coefficient (Wildman–Crippen LogP) is 3.24. The number of benzene rings is 2. The zero-order chi connectivity index (χ0) is 14.8. The van der Waals surface area contributed by atoms with E-state index in [0.29, 0.717) is 10.6 Å². The Bertz CT molecular complexity index is 683. The third-order valence-corrected chi connectivity index (χ3v) is 5.74. The van der Waals surface area contributed by atoms with Gasteiger partial charge < -0.3 is 5.11 Å². The summed E-state index contributed by atoms with van der Waals surface area (Å²) in [5.74, 6) is 0. The van der Waals surface area contributed by atoms with Crippen molar-refractivity contribution in [1.82, 2.24) is 0 Å². The fourth-order valence-electron chi connectivity index (χ4n) is 1.96. The summed E-state index contributed by atoms with van der Waals surface area (Å²) in [6, 6.07) is 14.8. The third-order valence-electron chi connectivity index (χ3n) is 3.23. The molecule has 0 heterocycles. The molecule has 0 aliphatic carbocycles. The van der Waals surface area contributed by atoms with E-state index in [0.717, 1.165) is 0 Å². The van der Waals surface area contributed by atoms with Gasteiger partial charge in [0.05, 0.1) is 16.2 Å². The van der Waals surface area contributed by atoms with E-state index >= 15 is 0 Å². The first-order valence-corrected chi connectivity index (χ1v) is 8.08. The van der Waals surface area contributed by atoms with E-state index in [-0.39, 0.29) is 4.90 Å². The van der Waals surface area contributed by atoms with E-state index in [1.54, 1.807) is 42.5 Å². The second-order valence-corrected chi connectivity index (χ2v) is 7.24. The highest BCUT2D eigenvalue weighted by Crippen LogP contribution is 2.30. The fourth-order valence-corrected chi connectivity index (χ4v) is 3.66. The number of sulfone groups is 1. The molecule has 0 saturated carbocycles. The van der Waals surface area contributed by atoms with Crippen LogP contribution in [0, 0.1) is 0 Å². The number of hydrogen-bond acceptors (Lipinski definition) is 3. The Morgan fingerprint density at radius 3 is 2.15 bits per heavy atom. The van der Waals surface area contributed by atoms with Gasteiger partial charge in [-0.05, 0) is 25.1 Å². The maximum atomic E-state index is 12.5. The van der Waals surface area contributed by atoms with Gasteiger partial charge in [0.15, 0.2) is 9.84 Å². The highest BCUT2D eigenvalue weighted by Gasteiger charge is 2.31. The van der Waals surface area contributed by atoms with Gasteiger partial charge in [-0.3, -0.25) is 0 Å². The SMILES string of the molecule is C[C@@H]([C@H](O)c1ccccc1Cl)S(=O)(=O)c1ccccc1. The van der Waals surface area contributed by atoms with Crippen molar-refractivity contribution in [2.45, 2.75) is 23.2 Å². The molecule has 1 N–H and O–H groups in total. The van der Waals surface area contributed by atoms with Crippen LogP contribution in [0.2, 0.25) is 5.02 Å². The van der Waals surface area contributed by atoms with Crippen LogP contribution in [0.5, 0.6) is 0 Å². The van der Waals surface area contributed by atoms with Crippen LogP contribution in [0.1, 0.15) is 18.6 Å². The minimum Gasteiger partial charge on any atom is -0.387 e. The van der Waals surface area contributed by atoms with Crippen molar-refractivity contribution in [2.24, 2.45) is 0 Å². The lowest BCUT2D eigenvalue weighted by Crippen LogP contribution is -2.25. The standard InChI is InChI=1S/C15H15ClO3S/c1-11(15(17)13-9-5-6-10-14(13)16)20(18,19)12-7-3-2-4-8-12/h2-11,15,17H,1H3/t11-,15-/m0/s1. The van der Waals surface area contributed by atoms with Crippen molar-refractivity contribution < 1.29 is 13.5 Å². The van der Waals surface area contributed by atoms with Crippen LogP contribution in [0.4, 0.5) is 0 Å². The molecule has 0 bridgehead atoms. The Kier molecular flexibility index (Phi) is 4.48. The van der Waals surface area contributed by atoms with Gasteiger partial charge in [-0.1, -0.05) is 48.0 Å². The van der Waals surface area contributed by atoms with Crippen LogP contribution in [0.25, 0.3) is 0 Å². The van der Waals surface area contributed by atoms with E-state index in [4.69, 9.17) is 11.6 Å². The Balaban J connectivity index is 2.37. The fraction of sp³-hybridized carbons (Fsp3) is 0.200. The van der Waals surface area contributed by atoms with Gasteiger partial charge in [-0.2, -0.15) is 0 Å². The average molecular weight is 311 g/mol. The Hall–Kier alpha value is -1.36. The number of aliphatic hydroxyl groups excluding tert-OH is 1. The summed E-state index contributed by atoms with van der Waals surface area (Å²) in [4.78, 5) is 0.193. The summed E-state index contributed by atoms with van der Waals surface area (Å²) in [5.41, 5.74) is 0.418. The lowest BCUT2D eigenvalue weighted by atomic mass is 10.1. The van der Waals surface area contributed by atoms with Crippen molar-refractivity contribution in [3.63, 3.8) is 0 Å². The Morgan fingerprint density at radius 1 is 1.00 bits per heavy atom. The van der Waals surface area contributed by atoms with Gasteiger partial charge in [-0.15, -0.1) is 0 Å². The van der Waals surface area contributed by atoms with E-state index in [9.17, 15) is 13.5 Å².